The number of urea groups is 1. The van der Waals surface area contributed by atoms with E-state index in [0.717, 1.165) is 37.5 Å². The number of hydrogen-bond donors (Lipinski definition) is 2. The summed E-state index contributed by atoms with van der Waals surface area (Å²) < 4.78 is 31.1. The predicted octanol–water partition coefficient (Wildman–Crippen LogP) is 2.40. The summed E-state index contributed by atoms with van der Waals surface area (Å²) in [6.07, 6.45) is 6.66. The van der Waals surface area contributed by atoms with Crippen LogP contribution in [0.1, 0.15) is 37.7 Å². The molecule has 8 heteroatoms. The van der Waals surface area contributed by atoms with Crippen molar-refractivity contribution >= 4 is 21.7 Å². The molecule has 7 nitrogen and oxygen atoms in total. The third-order valence-electron chi connectivity index (χ3n) is 4.54. The first kappa shape index (κ1) is 20.4. The van der Waals surface area contributed by atoms with Gasteiger partial charge in [0.25, 0.3) is 0 Å². The molecular weight excluding hydrogens is 354 g/mol. The Bertz CT molecular complexity index is 715. The third-order valence-corrected chi connectivity index (χ3v) is 5.72. The van der Waals surface area contributed by atoms with Gasteiger partial charge in [0.15, 0.2) is 0 Å². The highest BCUT2D eigenvalue weighted by Crippen LogP contribution is 2.30. The monoisotopic (exact) mass is 383 g/mol. The van der Waals surface area contributed by atoms with Crippen LogP contribution in [0.4, 0.5) is 10.5 Å². The van der Waals surface area contributed by atoms with Gasteiger partial charge in [-0.3, -0.25) is 4.31 Å². The Labute approximate surface area is 156 Å². The molecule has 0 aliphatic heterocycles. The van der Waals surface area contributed by atoms with Gasteiger partial charge >= 0.3 is 6.03 Å². The molecule has 1 fully saturated rings. The van der Waals surface area contributed by atoms with E-state index in [-0.39, 0.29) is 25.2 Å². The molecule has 0 heterocycles. The third kappa shape index (κ3) is 5.79. The second-order valence-electron chi connectivity index (χ2n) is 6.75. The van der Waals surface area contributed by atoms with Crippen molar-refractivity contribution in [3.8, 4) is 5.75 Å². The molecule has 1 aliphatic rings. The Morgan fingerprint density at radius 2 is 1.96 bits per heavy atom. The van der Waals surface area contributed by atoms with E-state index in [1.165, 1.54) is 17.8 Å². The van der Waals surface area contributed by atoms with Gasteiger partial charge in [0.2, 0.25) is 10.0 Å². The number of aryl methyl sites for hydroxylation is 1. The Hall–Kier alpha value is -1.96. The van der Waals surface area contributed by atoms with Gasteiger partial charge in [-0.25, -0.2) is 13.2 Å². The molecule has 2 rings (SSSR count). The molecule has 0 unspecified atom stereocenters. The highest BCUT2D eigenvalue weighted by atomic mass is 32.2. The van der Waals surface area contributed by atoms with Gasteiger partial charge in [0.1, 0.15) is 5.75 Å². The first-order valence-corrected chi connectivity index (χ1v) is 10.8. The molecule has 1 aromatic carbocycles. The zero-order valence-electron chi connectivity index (χ0n) is 15.7. The molecule has 0 saturated heterocycles. The van der Waals surface area contributed by atoms with Crippen LogP contribution in [0.2, 0.25) is 0 Å². The summed E-state index contributed by atoms with van der Waals surface area (Å²) in [7, 11) is -2.01. The summed E-state index contributed by atoms with van der Waals surface area (Å²) in [5, 5.41) is 5.72. The highest BCUT2D eigenvalue weighted by molar-refractivity contribution is 7.92. The van der Waals surface area contributed by atoms with Crippen LogP contribution in [-0.4, -0.2) is 46.9 Å². The van der Waals surface area contributed by atoms with Crippen LogP contribution in [0.25, 0.3) is 0 Å². The maximum absolute atomic E-state index is 12.2. The second kappa shape index (κ2) is 9.12. The fraction of sp³-hybridized carbons (Fsp3) is 0.611. The van der Waals surface area contributed by atoms with Crippen LogP contribution in [0.5, 0.6) is 5.75 Å². The van der Waals surface area contributed by atoms with Gasteiger partial charge < -0.3 is 15.4 Å². The maximum atomic E-state index is 12.2. The number of benzene rings is 1. The lowest BCUT2D eigenvalue weighted by molar-refractivity contribution is 0.233. The number of ether oxygens (including phenoxy) is 1. The van der Waals surface area contributed by atoms with E-state index < -0.39 is 10.0 Å². The zero-order chi connectivity index (χ0) is 19.2. The standard InChI is InChI=1S/C18H29N3O4S/c1-14-9-10-17(25-2)16(13-14)21(26(3,23)24)12-11-19-18(22)20-15-7-5-4-6-8-15/h9-10,13,15H,4-8,11-12H2,1-3H3,(H2,19,20,22). The van der Waals surface area contributed by atoms with Crippen molar-refractivity contribution in [2.24, 2.45) is 0 Å². The van der Waals surface area contributed by atoms with Crippen molar-refractivity contribution in [3.05, 3.63) is 23.8 Å². The number of nitrogens with zero attached hydrogens (tertiary/aromatic N) is 1. The van der Waals surface area contributed by atoms with Gasteiger partial charge in [-0.1, -0.05) is 25.3 Å². The minimum absolute atomic E-state index is 0.136. The minimum atomic E-state index is -3.51. The molecule has 0 bridgehead atoms. The number of amides is 2. The summed E-state index contributed by atoms with van der Waals surface area (Å²) in [4.78, 5) is 12.0. The number of nitrogens with one attached hydrogen (secondary N) is 2. The number of sulfonamides is 1. The molecule has 1 aromatic rings. The number of methoxy groups -OCH3 is 1. The predicted molar refractivity (Wildman–Crippen MR) is 103 cm³/mol. The summed E-state index contributed by atoms with van der Waals surface area (Å²) in [5.41, 5.74) is 1.40. The number of anilines is 1. The van der Waals surface area contributed by atoms with Crippen LogP contribution < -0.4 is 19.7 Å². The topological polar surface area (TPSA) is 87.7 Å². The van der Waals surface area contributed by atoms with E-state index in [0.29, 0.717) is 11.4 Å². The van der Waals surface area contributed by atoms with Crippen LogP contribution in [0, 0.1) is 6.92 Å². The molecule has 0 atom stereocenters. The van der Waals surface area contributed by atoms with Crippen LogP contribution in [0.3, 0.4) is 0 Å². The van der Waals surface area contributed by atoms with Gasteiger partial charge in [0, 0.05) is 12.6 Å². The van der Waals surface area contributed by atoms with Gasteiger partial charge in [0.05, 0.1) is 25.6 Å². The van der Waals surface area contributed by atoms with Gasteiger partial charge in [-0.15, -0.1) is 0 Å². The molecule has 1 aliphatic carbocycles. The molecule has 0 aromatic heterocycles. The summed E-state index contributed by atoms with van der Waals surface area (Å²) in [5.74, 6) is 0.479. The number of hydrogen-bond acceptors (Lipinski definition) is 4. The fourth-order valence-corrected chi connectivity index (χ4v) is 4.14. The molecule has 26 heavy (non-hydrogen) atoms. The molecule has 0 radical (unpaired) electrons. The van der Waals surface area contributed by atoms with Crippen molar-refractivity contribution in [3.63, 3.8) is 0 Å². The Kier molecular flexibility index (Phi) is 7.14. The van der Waals surface area contributed by atoms with Crippen molar-refractivity contribution < 1.29 is 17.9 Å². The van der Waals surface area contributed by atoms with Crippen molar-refractivity contribution in [2.75, 3.05) is 30.8 Å². The van der Waals surface area contributed by atoms with Crippen molar-refractivity contribution in [1.82, 2.24) is 10.6 Å². The molecule has 0 spiro atoms. The maximum Gasteiger partial charge on any atom is 0.315 e. The SMILES string of the molecule is COc1ccc(C)cc1N(CCNC(=O)NC1CCCCC1)S(C)(=O)=O. The van der Waals surface area contributed by atoms with E-state index in [2.05, 4.69) is 10.6 Å². The van der Waals surface area contributed by atoms with E-state index in [9.17, 15) is 13.2 Å². The van der Waals surface area contributed by atoms with Crippen LogP contribution >= 0.6 is 0 Å². The first-order valence-electron chi connectivity index (χ1n) is 8.98. The van der Waals surface area contributed by atoms with E-state index >= 15 is 0 Å². The average molecular weight is 384 g/mol. The molecule has 146 valence electrons. The Balaban J connectivity index is 1.99. The summed E-state index contributed by atoms with van der Waals surface area (Å²) in [6, 6.07) is 5.33. The minimum Gasteiger partial charge on any atom is -0.495 e. The lowest BCUT2D eigenvalue weighted by atomic mass is 9.96. The normalized spacial score (nSPS) is 15.3. The smallest absolute Gasteiger partial charge is 0.315 e. The zero-order valence-corrected chi connectivity index (χ0v) is 16.6. The van der Waals surface area contributed by atoms with Gasteiger partial charge in [-0.05, 0) is 37.5 Å². The van der Waals surface area contributed by atoms with Gasteiger partial charge in [-0.2, -0.15) is 0 Å². The van der Waals surface area contributed by atoms with Crippen molar-refractivity contribution in [1.29, 1.82) is 0 Å². The molecular formula is C18H29N3O4S. The number of carbonyl (C=O) groups excluding carboxylic acids is 1. The Morgan fingerprint density at radius 3 is 2.58 bits per heavy atom. The van der Waals surface area contributed by atoms with Crippen molar-refractivity contribution in [2.45, 2.75) is 45.1 Å². The van der Waals surface area contributed by atoms with Crippen LogP contribution in [0.15, 0.2) is 18.2 Å². The Morgan fingerprint density at radius 1 is 1.27 bits per heavy atom. The first-order chi connectivity index (χ1) is 12.3. The lowest BCUT2D eigenvalue weighted by Crippen LogP contribution is -2.45. The summed E-state index contributed by atoms with van der Waals surface area (Å²) >= 11 is 0. The highest BCUT2D eigenvalue weighted by Gasteiger charge is 2.22. The lowest BCUT2D eigenvalue weighted by Gasteiger charge is -2.26. The number of rotatable bonds is 7. The van der Waals surface area contributed by atoms with E-state index in [1.54, 1.807) is 12.1 Å². The van der Waals surface area contributed by atoms with E-state index in [4.69, 9.17) is 4.74 Å². The molecule has 1 saturated carbocycles. The quantitative estimate of drug-likeness (QED) is 0.757. The largest absolute Gasteiger partial charge is 0.495 e. The second-order valence-corrected chi connectivity index (χ2v) is 8.65. The van der Waals surface area contributed by atoms with Crippen LogP contribution in [-0.2, 0) is 10.0 Å². The molecule has 2 amide bonds. The fourth-order valence-electron chi connectivity index (χ4n) is 3.21. The average Bonchev–Trinajstić information content (AvgIpc) is 2.58. The van der Waals surface area contributed by atoms with E-state index in [1.807, 2.05) is 13.0 Å². The molecule has 2 N–H and O–H groups in total. The number of carbonyl (C=O) groups is 1. The summed E-state index contributed by atoms with van der Waals surface area (Å²) in [6.45, 7) is 2.23.